The second-order valence-electron chi connectivity index (χ2n) is 8.06. The molecule has 2 aromatic carbocycles. The second kappa shape index (κ2) is 7.16. The van der Waals surface area contributed by atoms with Crippen LogP contribution in [0, 0.1) is 6.92 Å². The Balaban J connectivity index is 2.13. The predicted octanol–water partition coefficient (Wildman–Crippen LogP) is 5.13. The van der Waals surface area contributed by atoms with E-state index in [9.17, 15) is 26.7 Å². The molecule has 0 amide bonds. The molecule has 2 N–H and O–H groups in total. The minimum absolute atomic E-state index is 0.00960. The Hall–Kier alpha value is -2.26. The molecule has 0 bridgehead atoms. The topological polar surface area (TPSA) is 78.8 Å². The van der Waals surface area contributed by atoms with Crippen molar-refractivity contribution in [2.75, 3.05) is 0 Å². The fraction of sp³-hybridized carbons (Fsp3) is 0.350. The standard InChI is InChI=1S/C20H20ClF3N2O3S/c1-10-14(21)8-13(19(2,3)4)17(27)16(10)18-25-9-11-7-12(5-6-15(11)26-18)30(28,29)20(22,23)24/h5-8,27H,9H2,1-4H3,(H,25,26). The van der Waals surface area contributed by atoms with Gasteiger partial charge < -0.3 is 10.4 Å². The van der Waals surface area contributed by atoms with Crippen molar-refractivity contribution >= 4 is 33.0 Å². The van der Waals surface area contributed by atoms with Crippen LogP contribution in [0.4, 0.5) is 18.9 Å². The van der Waals surface area contributed by atoms with Gasteiger partial charge in [0.2, 0.25) is 0 Å². The normalized spacial score (nSPS) is 14.7. The first-order valence-corrected chi connectivity index (χ1v) is 10.8. The number of fused-ring (bicyclic) bond motifs is 1. The highest BCUT2D eigenvalue weighted by atomic mass is 35.5. The van der Waals surface area contributed by atoms with Gasteiger partial charge in [0.1, 0.15) is 11.6 Å². The zero-order chi connectivity index (χ0) is 22.6. The molecule has 0 atom stereocenters. The molecule has 3 rings (SSSR count). The maximum absolute atomic E-state index is 12.8. The van der Waals surface area contributed by atoms with Crippen LogP contribution < -0.4 is 5.32 Å². The summed E-state index contributed by atoms with van der Waals surface area (Å²) in [5.74, 6) is 0.312. The highest BCUT2D eigenvalue weighted by Gasteiger charge is 2.47. The van der Waals surface area contributed by atoms with Crippen molar-refractivity contribution in [1.82, 2.24) is 5.32 Å². The van der Waals surface area contributed by atoms with Gasteiger partial charge in [-0.25, -0.2) is 13.4 Å². The Morgan fingerprint density at radius 1 is 1.17 bits per heavy atom. The molecule has 0 aromatic heterocycles. The van der Waals surface area contributed by atoms with E-state index in [1.54, 1.807) is 13.0 Å². The van der Waals surface area contributed by atoms with Crippen molar-refractivity contribution in [3.8, 4) is 5.75 Å². The van der Waals surface area contributed by atoms with Gasteiger partial charge in [-0.15, -0.1) is 0 Å². The van der Waals surface area contributed by atoms with E-state index in [0.717, 1.165) is 12.1 Å². The first kappa shape index (κ1) is 22.4. The van der Waals surface area contributed by atoms with Crippen molar-refractivity contribution in [2.45, 2.75) is 50.1 Å². The van der Waals surface area contributed by atoms with Crippen LogP contribution in [0.25, 0.3) is 0 Å². The summed E-state index contributed by atoms with van der Waals surface area (Å²) in [5.41, 5.74) is -3.58. The highest BCUT2D eigenvalue weighted by molar-refractivity contribution is 7.92. The maximum atomic E-state index is 12.8. The molecule has 1 aliphatic heterocycles. The zero-order valence-corrected chi connectivity index (χ0v) is 18.2. The third-order valence-corrected chi connectivity index (χ3v) is 6.76. The summed E-state index contributed by atoms with van der Waals surface area (Å²) in [7, 11) is -5.45. The molecule has 30 heavy (non-hydrogen) atoms. The van der Waals surface area contributed by atoms with Crippen LogP contribution in [-0.2, 0) is 21.8 Å². The van der Waals surface area contributed by atoms with Crippen molar-refractivity contribution < 1.29 is 26.7 Å². The molecule has 0 fully saturated rings. The summed E-state index contributed by atoms with van der Waals surface area (Å²) in [6, 6.07) is 4.74. The number of rotatable bonds is 2. The van der Waals surface area contributed by atoms with E-state index in [4.69, 9.17) is 11.6 Å². The molecule has 0 saturated heterocycles. The van der Waals surface area contributed by atoms with Gasteiger partial charge in [-0.3, -0.25) is 0 Å². The third kappa shape index (κ3) is 3.76. The first-order valence-electron chi connectivity index (χ1n) is 8.94. The number of nitrogens with zero attached hydrogens (tertiary/aromatic N) is 1. The smallest absolute Gasteiger partial charge is 0.501 e. The lowest BCUT2D eigenvalue weighted by atomic mass is 9.84. The van der Waals surface area contributed by atoms with Gasteiger partial charge in [-0.2, -0.15) is 13.2 Å². The van der Waals surface area contributed by atoms with Crippen LogP contribution in [0.5, 0.6) is 5.75 Å². The zero-order valence-electron chi connectivity index (χ0n) is 16.6. The van der Waals surface area contributed by atoms with E-state index in [1.807, 2.05) is 20.8 Å². The fourth-order valence-electron chi connectivity index (χ4n) is 3.19. The number of aromatic hydroxyl groups is 1. The third-order valence-electron chi connectivity index (χ3n) is 4.89. The van der Waals surface area contributed by atoms with Gasteiger partial charge >= 0.3 is 5.51 Å². The summed E-state index contributed by atoms with van der Waals surface area (Å²) in [4.78, 5) is 3.56. The maximum Gasteiger partial charge on any atom is 0.501 e. The number of halogens is 4. The minimum Gasteiger partial charge on any atom is -0.507 e. The second-order valence-corrected chi connectivity index (χ2v) is 10.4. The Bertz CT molecular complexity index is 1170. The van der Waals surface area contributed by atoms with Crippen LogP contribution >= 0.6 is 11.6 Å². The molecule has 0 aliphatic carbocycles. The van der Waals surface area contributed by atoms with Crippen molar-refractivity contribution in [3.63, 3.8) is 0 Å². The summed E-state index contributed by atoms with van der Waals surface area (Å²) in [5, 5.41) is 14.3. The number of phenols is 1. The summed E-state index contributed by atoms with van der Waals surface area (Å²) in [6.45, 7) is 7.52. The van der Waals surface area contributed by atoms with Gasteiger partial charge in [0.25, 0.3) is 9.84 Å². The van der Waals surface area contributed by atoms with E-state index in [1.165, 1.54) is 6.07 Å². The molecule has 1 heterocycles. The number of sulfone groups is 1. The van der Waals surface area contributed by atoms with E-state index in [-0.39, 0.29) is 12.3 Å². The van der Waals surface area contributed by atoms with Crippen LogP contribution in [0.3, 0.4) is 0 Å². The molecule has 0 saturated carbocycles. The largest absolute Gasteiger partial charge is 0.507 e. The minimum atomic E-state index is -5.45. The molecular formula is C20H20ClF3N2O3S. The van der Waals surface area contributed by atoms with Crippen LogP contribution in [0.2, 0.25) is 5.02 Å². The lowest BCUT2D eigenvalue weighted by Crippen LogP contribution is -2.29. The average Bonchev–Trinajstić information content (AvgIpc) is 2.62. The van der Waals surface area contributed by atoms with E-state index in [0.29, 0.717) is 38.8 Å². The van der Waals surface area contributed by atoms with E-state index < -0.39 is 25.7 Å². The first-order chi connectivity index (χ1) is 13.6. The van der Waals surface area contributed by atoms with Crippen molar-refractivity contribution in [1.29, 1.82) is 0 Å². The van der Waals surface area contributed by atoms with Gasteiger partial charge in [-0.1, -0.05) is 32.4 Å². The number of aliphatic imine (C=N–C) groups is 1. The van der Waals surface area contributed by atoms with Gasteiger partial charge in [0.15, 0.2) is 0 Å². The average molecular weight is 461 g/mol. The Morgan fingerprint density at radius 2 is 1.80 bits per heavy atom. The molecule has 162 valence electrons. The molecule has 10 heteroatoms. The molecule has 5 nitrogen and oxygen atoms in total. The lowest BCUT2D eigenvalue weighted by Gasteiger charge is -2.26. The van der Waals surface area contributed by atoms with Gasteiger partial charge in [0.05, 0.1) is 16.1 Å². The number of hydrogen-bond donors (Lipinski definition) is 2. The monoisotopic (exact) mass is 460 g/mol. The Kier molecular flexibility index (Phi) is 5.35. The highest BCUT2D eigenvalue weighted by Crippen LogP contribution is 2.40. The van der Waals surface area contributed by atoms with Crippen LogP contribution in [0.15, 0.2) is 34.2 Å². The molecule has 0 unspecified atom stereocenters. The molecule has 0 radical (unpaired) electrons. The van der Waals surface area contributed by atoms with Gasteiger partial charge in [-0.05, 0) is 47.7 Å². The number of nitrogens with one attached hydrogen (secondary N) is 1. The molecule has 0 spiro atoms. The molecule has 2 aromatic rings. The van der Waals surface area contributed by atoms with E-state index >= 15 is 0 Å². The number of alkyl halides is 3. The fourth-order valence-corrected chi connectivity index (χ4v) is 4.21. The van der Waals surface area contributed by atoms with Crippen LogP contribution in [-0.4, -0.2) is 24.9 Å². The number of amidine groups is 1. The van der Waals surface area contributed by atoms with Crippen molar-refractivity contribution in [3.05, 3.63) is 51.5 Å². The number of benzene rings is 2. The molecular weight excluding hydrogens is 441 g/mol. The van der Waals surface area contributed by atoms with Crippen molar-refractivity contribution in [2.24, 2.45) is 4.99 Å². The quantitative estimate of drug-likeness (QED) is 0.651. The number of hydrogen-bond acceptors (Lipinski definition) is 5. The number of phenolic OH excluding ortho intramolecular Hbond substituents is 1. The molecule has 1 aliphatic rings. The summed E-state index contributed by atoms with van der Waals surface area (Å²) in [6.07, 6.45) is 0. The summed E-state index contributed by atoms with van der Waals surface area (Å²) >= 11 is 6.36. The lowest BCUT2D eigenvalue weighted by molar-refractivity contribution is -0.0436. The van der Waals surface area contributed by atoms with Crippen LogP contribution in [0.1, 0.15) is 43.0 Å². The SMILES string of the molecule is Cc1c(Cl)cc(C(C)(C)C)c(O)c1C1=Nc2ccc(S(=O)(=O)C(F)(F)F)cc2CN1. The van der Waals surface area contributed by atoms with Gasteiger partial charge in [0, 0.05) is 17.1 Å². The summed E-state index contributed by atoms with van der Waals surface area (Å²) < 4.78 is 61.8. The Morgan fingerprint density at radius 3 is 2.37 bits per heavy atom. The Labute approximate surface area is 177 Å². The predicted molar refractivity (Wildman–Crippen MR) is 109 cm³/mol. The van der Waals surface area contributed by atoms with E-state index in [2.05, 4.69) is 10.3 Å².